The molecule has 0 atom stereocenters. The van der Waals surface area contributed by atoms with E-state index in [0.717, 1.165) is 11.1 Å². The Morgan fingerprint density at radius 1 is 0.438 bits per heavy atom. The molecular formula is C29H19N3. The first-order valence-corrected chi connectivity index (χ1v) is 10.6. The maximum absolute atomic E-state index is 4.75. The first-order valence-electron chi connectivity index (χ1n) is 10.6. The van der Waals surface area contributed by atoms with Crippen molar-refractivity contribution in [3.63, 3.8) is 0 Å². The van der Waals surface area contributed by atoms with E-state index in [4.69, 9.17) is 4.98 Å². The van der Waals surface area contributed by atoms with Crippen LogP contribution < -0.4 is 0 Å². The highest BCUT2D eigenvalue weighted by atomic mass is 15.0. The van der Waals surface area contributed by atoms with Crippen molar-refractivity contribution in [1.29, 1.82) is 0 Å². The third-order valence-corrected chi connectivity index (χ3v) is 5.82. The van der Waals surface area contributed by atoms with Crippen LogP contribution in [0.3, 0.4) is 0 Å². The summed E-state index contributed by atoms with van der Waals surface area (Å²) in [6, 6.07) is 37.9. The summed E-state index contributed by atoms with van der Waals surface area (Å²) in [6.45, 7) is 0. The van der Waals surface area contributed by atoms with E-state index in [2.05, 4.69) is 107 Å². The zero-order chi connectivity index (χ0) is 21.3. The van der Waals surface area contributed by atoms with Crippen LogP contribution in [0.5, 0.6) is 0 Å². The molecule has 0 unspecified atom stereocenters. The molecule has 6 rings (SSSR count). The molecule has 0 amide bonds. The molecule has 1 heterocycles. The van der Waals surface area contributed by atoms with Gasteiger partial charge in [-0.25, -0.2) is 15.0 Å². The Hall–Kier alpha value is -4.37. The molecule has 6 aromatic rings. The minimum atomic E-state index is 0.674. The summed E-state index contributed by atoms with van der Waals surface area (Å²) in [7, 11) is 0. The molecule has 0 spiro atoms. The lowest BCUT2D eigenvalue weighted by Crippen LogP contribution is -1.95. The lowest BCUT2D eigenvalue weighted by Gasteiger charge is -2.08. The minimum Gasteiger partial charge on any atom is -0.217 e. The summed E-state index contributed by atoms with van der Waals surface area (Å²) in [5.74, 6) is 1.35. The molecule has 0 bridgehead atoms. The van der Waals surface area contributed by atoms with Crippen molar-refractivity contribution < 1.29 is 0 Å². The van der Waals surface area contributed by atoms with Gasteiger partial charge in [-0.05, 0) is 38.7 Å². The molecular weight excluding hydrogens is 390 g/mol. The number of nitrogens with zero attached hydrogens (tertiary/aromatic N) is 3. The number of aromatic nitrogens is 3. The van der Waals surface area contributed by atoms with Gasteiger partial charge in [-0.3, -0.25) is 0 Å². The van der Waals surface area contributed by atoms with Crippen LogP contribution in [0, 0.1) is 0 Å². The molecule has 5 aromatic carbocycles. The fraction of sp³-hybridized carbons (Fsp3) is 0. The maximum atomic E-state index is 4.75. The smallest absolute Gasteiger partial charge is 0.163 e. The molecule has 0 radical (unpaired) electrons. The molecule has 0 N–H and O–H groups in total. The number of rotatable bonds is 3. The topological polar surface area (TPSA) is 38.7 Å². The normalized spacial score (nSPS) is 11.1. The highest BCUT2D eigenvalue weighted by molar-refractivity contribution is 5.96. The number of hydrogen-bond acceptors (Lipinski definition) is 3. The summed E-state index contributed by atoms with van der Waals surface area (Å²) < 4.78 is 0. The van der Waals surface area contributed by atoms with Crippen molar-refractivity contribution in [3.8, 4) is 33.9 Å². The molecule has 150 valence electrons. The van der Waals surface area contributed by atoms with E-state index in [1.807, 2.05) is 12.1 Å². The van der Waals surface area contributed by atoms with Gasteiger partial charge in [-0.2, -0.15) is 0 Å². The van der Waals surface area contributed by atoms with E-state index in [0.29, 0.717) is 11.6 Å². The number of benzene rings is 5. The van der Waals surface area contributed by atoms with Crippen LogP contribution >= 0.6 is 0 Å². The molecule has 3 heteroatoms. The summed E-state index contributed by atoms with van der Waals surface area (Å²) >= 11 is 0. The van der Waals surface area contributed by atoms with Crippen LogP contribution in [-0.2, 0) is 0 Å². The number of hydrogen-bond donors (Lipinski definition) is 0. The fourth-order valence-electron chi connectivity index (χ4n) is 4.18. The standard InChI is InChI=1S/C29H19N3/c1-2-8-24-18-25(17-12-20(24)6-1)29-31-19-30-28(32-29)23-15-13-22(14-16-23)27-11-5-9-21-7-3-4-10-26(21)27/h1-19H. The van der Waals surface area contributed by atoms with Gasteiger partial charge in [-0.15, -0.1) is 0 Å². The molecule has 32 heavy (non-hydrogen) atoms. The molecule has 1 aromatic heterocycles. The van der Waals surface area contributed by atoms with Crippen LogP contribution in [-0.4, -0.2) is 15.0 Å². The Morgan fingerprint density at radius 2 is 1.06 bits per heavy atom. The van der Waals surface area contributed by atoms with E-state index in [-0.39, 0.29) is 0 Å². The molecule has 0 aliphatic carbocycles. The second kappa shape index (κ2) is 7.71. The summed E-state index contributed by atoms with van der Waals surface area (Å²) in [5.41, 5.74) is 4.36. The van der Waals surface area contributed by atoms with Gasteiger partial charge in [0.05, 0.1) is 0 Å². The van der Waals surface area contributed by atoms with E-state index in [1.165, 1.54) is 32.7 Å². The summed E-state index contributed by atoms with van der Waals surface area (Å²) in [4.78, 5) is 13.6. The summed E-state index contributed by atoms with van der Waals surface area (Å²) in [5, 5.41) is 4.87. The molecule has 0 aliphatic rings. The van der Waals surface area contributed by atoms with E-state index >= 15 is 0 Å². The lowest BCUT2D eigenvalue weighted by molar-refractivity contribution is 1.07. The predicted octanol–water partition coefficient (Wildman–Crippen LogP) is 7.18. The Balaban J connectivity index is 1.36. The first-order chi connectivity index (χ1) is 15.8. The van der Waals surface area contributed by atoms with Gasteiger partial charge < -0.3 is 0 Å². The van der Waals surface area contributed by atoms with Gasteiger partial charge in [-0.1, -0.05) is 103 Å². The quantitative estimate of drug-likeness (QED) is 0.311. The van der Waals surface area contributed by atoms with Crippen LogP contribution in [0.25, 0.3) is 55.4 Å². The highest BCUT2D eigenvalue weighted by Crippen LogP contribution is 2.30. The van der Waals surface area contributed by atoms with Gasteiger partial charge in [0.1, 0.15) is 6.33 Å². The third kappa shape index (κ3) is 3.30. The molecule has 0 saturated heterocycles. The SMILES string of the molecule is c1ccc2cc(-c3ncnc(-c4ccc(-c5cccc6ccccc56)cc4)n3)ccc2c1. The van der Waals surface area contributed by atoms with Crippen molar-refractivity contribution >= 4 is 21.5 Å². The molecule has 0 aliphatic heterocycles. The lowest BCUT2D eigenvalue weighted by atomic mass is 9.97. The first kappa shape index (κ1) is 18.4. The van der Waals surface area contributed by atoms with E-state index in [1.54, 1.807) is 6.33 Å². The van der Waals surface area contributed by atoms with Gasteiger partial charge in [0.2, 0.25) is 0 Å². The van der Waals surface area contributed by atoms with E-state index < -0.39 is 0 Å². The monoisotopic (exact) mass is 409 g/mol. The average molecular weight is 409 g/mol. The van der Waals surface area contributed by atoms with Crippen molar-refractivity contribution in [2.45, 2.75) is 0 Å². The van der Waals surface area contributed by atoms with Crippen LogP contribution in [0.2, 0.25) is 0 Å². The van der Waals surface area contributed by atoms with Crippen molar-refractivity contribution in [3.05, 3.63) is 116 Å². The Bertz CT molecular complexity index is 1560. The van der Waals surface area contributed by atoms with Crippen LogP contribution in [0.15, 0.2) is 116 Å². The number of fused-ring (bicyclic) bond motifs is 2. The third-order valence-electron chi connectivity index (χ3n) is 5.82. The average Bonchev–Trinajstić information content (AvgIpc) is 2.88. The second-order valence-electron chi connectivity index (χ2n) is 7.80. The van der Waals surface area contributed by atoms with Crippen molar-refractivity contribution in [2.24, 2.45) is 0 Å². The minimum absolute atomic E-state index is 0.674. The maximum Gasteiger partial charge on any atom is 0.163 e. The molecule has 0 saturated carbocycles. The Morgan fingerprint density at radius 3 is 1.91 bits per heavy atom. The van der Waals surface area contributed by atoms with Crippen LogP contribution in [0.4, 0.5) is 0 Å². The second-order valence-corrected chi connectivity index (χ2v) is 7.80. The van der Waals surface area contributed by atoms with Gasteiger partial charge in [0.25, 0.3) is 0 Å². The van der Waals surface area contributed by atoms with Crippen molar-refractivity contribution in [1.82, 2.24) is 15.0 Å². The van der Waals surface area contributed by atoms with Gasteiger partial charge >= 0.3 is 0 Å². The molecule has 0 fully saturated rings. The van der Waals surface area contributed by atoms with Crippen LogP contribution in [0.1, 0.15) is 0 Å². The highest BCUT2D eigenvalue weighted by Gasteiger charge is 2.09. The zero-order valence-corrected chi connectivity index (χ0v) is 17.3. The zero-order valence-electron chi connectivity index (χ0n) is 17.3. The fourth-order valence-corrected chi connectivity index (χ4v) is 4.18. The molecule has 3 nitrogen and oxygen atoms in total. The van der Waals surface area contributed by atoms with E-state index in [9.17, 15) is 0 Å². The van der Waals surface area contributed by atoms with Crippen molar-refractivity contribution in [2.75, 3.05) is 0 Å². The van der Waals surface area contributed by atoms with Gasteiger partial charge in [0.15, 0.2) is 11.6 Å². The summed E-state index contributed by atoms with van der Waals surface area (Å²) in [6.07, 6.45) is 1.59. The van der Waals surface area contributed by atoms with Gasteiger partial charge in [0, 0.05) is 11.1 Å². The Labute approximate surface area is 186 Å². The predicted molar refractivity (Wildman–Crippen MR) is 131 cm³/mol. The Kier molecular flexibility index (Phi) is 4.43. The largest absolute Gasteiger partial charge is 0.217 e.